The summed E-state index contributed by atoms with van der Waals surface area (Å²) in [5.74, 6) is 0.972. The average molecular weight is 277 g/mol. The molecule has 1 aromatic carbocycles. The second kappa shape index (κ2) is 6.75. The molecule has 1 aliphatic carbocycles. The van der Waals surface area contributed by atoms with Crippen LogP contribution in [-0.4, -0.2) is 24.7 Å². The van der Waals surface area contributed by atoms with Crippen LogP contribution < -0.4 is 10.5 Å². The maximum atomic E-state index is 12.1. The van der Waals surface area contributed by atoms with Crippen LogP contribution in [0, 0.1) is 5.92 Å². The number of nitrogens with two attached hydrogens (primary N) is 1. The zero-order chi connectivity index (χ0) is 14.4. The summed E-state index contributed by atoms with van der Waals surface area (Å²) in [6.45, 7) is 2.72. The highest BCUT2D eigenvalue weighted by atomic mass is 16.6. The maximum absolute atomic E-state index is 12.1. The SMILES string of the molecule is CC1CCCC(N)(C(=O)OCCOc2ccccc2)C1. The summed E-state index contributed by atoms with van der Waals surface area (Å²) in [4.78, 5) is 12.1. The van der Waals surface area contributed by atoms with Gasteiger partial charge >= 0.3 is 5.97 Å². The van der Waals surface area contributed by atoms with Gasteiger partial charge in [0, 0.05) is 0 Å². The van der Waals surface area contributed by atoms with Gasteiger partial charge in [0.15, 0.2) is 0 Å². The molecule has 4 heteroatoms. The van der Waals surface area contributed by atoms with E-state index in [1.165, 1.54) is 0 Å². The Morgan fingerprint density at radius 2 is 2.10 bits per heavy atom. The smallest absolute Gasteiger partial charge is 0.326 e. The first-order chi connectivity index (χ1) is 9.60. The van der Waals surface area contributed by atoms with E-state index in [-0.39, 0.29) is 12.6 Å². The molecule has 2 N–H and O–H groups in total. The van der Waals surface area contributed by atoms with Crippen molar-refractivity contribution in [2.45, 2.75) is 38.1 Å². The fourth-order valence-electron chi connectivity index (χ4n) is 2.73. The summed E-state index contributed by atoms with van der Waals surface area (Å²) in [6.07, 6.45) is 3.57. The minimum atomic E-state index is -0.801. The topological polar surface area (TPSA) is 61.6 Å². The molecule has 1 fully saturated rings. The Morgan fingerprint density at radius 3 is 2.80 bits per heavy atom. The Balaban J connectivity index is 1.72. The molecule has 0 saturated heterocycles. The molecule has 1 saturated carbocycles. The van der Waals surface area contributed by atoms with Crippen LogP contribution in [0.1, 0.15) is 32.6 Å². The van der Waals surface area contributed by atoms with E-state index < -0.39 is 5.54 Å². The van der Waals surface area contributed by atoms with Gasteiger partial charge in [-0.15, -0.1) is 0 Å². The molecule has 2 rings (SSSR count). The molecule has 0 radical (unpaired) electrons. The molecule has 1 aromatic rings. The number of ether oxygens (including phenoxy) is 2. The van der Waals surface area contributed by atoms with Crippen molar-refractivity contribution < 1.29 is 14.3 Å². The number of hydrogen-bond donors (Lipinski definition) is 1. The summed E-state index contributed by atoms with van der Waals surface area (Å²) in [7, 11) is 0. The fourth-order valence-corrected chi connectivity index (χ4v) is 2.73. The lowest BCUT2D eigenvalue weighted by molar-refractivity contribution is -0.152. The number of para-hydroxylation sites is 1. The molecule has 2 unspecified atom stereocenters. The van der Waals surface area contributed by atoms with E-state index >= 15 is 0 Å². The minimum absolute atomic E-state index is 0.237. The highest BCUT2D eigenvalue weighted by molar-refractivity contribution is 5.80. The number of benzene rings is 1. The van der Waals surface area contributed by atoms with Crippen LogP contribution >= 0.6 is 0 Å². The number of hydrogen-bond acceptors (Lipinski definition) is 4. The first-order valence-electron chi connectivity index (χ1n) is 7.24. The Hall–Kier alpha value is -1.55. The summed E-state index contributed by atoms with van der Waals surface area (Å²) in [5, 5.41) is 0. The lowest BCUT2D eigenvalue weighted by Crippen LogP contribution is -2.52. The van der Waals surface area contributed by atoms with Crippen LogP contribution in [0.2, 0.25) is 0 Å². The number of carbonyl (C=O) groups excluding carboxylic acids is 1. The van der Waals surface area contributed by atoms with Gasteiger partial charge in [-0.05, 0) is 30.9 Å². The van der Waals surface area contributed by atoms with Crippen molar-refractivity contribution in [1.29, 1.82) is 0 Å². The molecule has 0 heterocycles. The first kappa shape index (κ1) is 14.9. The Morgan fingerprint density at radius 1 is 1.35 bits per heavy atom. The van der Waals surface area contributed by atoms with Crippen LogP contribution in [0.4, 0.5) is 0 Å². The van der Waals surface area contributed by atoms with Gasteiger partial charge in [-0.1, -0.05) is 38.0 Å². The largest absolute Gasteiger partial charge is 0.490 e. The van der Waals surface area contributed by atoms with Gasteiger partial charge in [0.2, 0.25) is 0 Å². The molecule has 1 aliphatic rings. The monoisotopic (exact) mass is 277 g/mol. The van der Waals surface area contributed by atoms with Crippen LogP contribution in [0.5, 0.6) is 5.75 Å². The second-order valence-electron chi connectivity index (χ2n) is 5.66. The van der Waals surface area contributed by atoms with Crippen molar-refractivity contribution in [3.63, 3.8) is 0 Å². The molecular formula is C16H23NO3. The van der Waals surface area contributed by atoms with E-state index in [9.17, 15) is 4.79 Å². The molecule has 0 spiro atoms. The number of rotatable bonds is 5. The van der Waals surface area contributed by atoms with Crippen LogP contribution in [0.3, 0.4) is 0 Å². The third-order valence-corrected chi connectivity index (χ3v) is 3.77. The van der Waals surface area contributed by atoms with Crippen molar-refractivity contribution in [3.8, 4) is 5.75 Å². The number of carbonyl (C=O) groups is 1. The zero-order valence-corrected chi connectivity index (χ0v) is 12.0. The Bertz CT molecular complexity index is 435. The van der Waals surface area contributed by atoms with E-state index in [2.05, 4.69) is 6.92 Å². The standard InChI is InChI=1S/C16H23NO3/c1-13-6-5-9-16(17,12-13)15(18)20-11-10-19-14-7-3-2-4-8-14/h2-4,7-8,13H,5-6,9-12,17H2,1H3. The average Bonchev–Trinajstić information content (AvgIpc) is 2.44. The van der Waals surface area contributed by atoms with Crippen molar-refractivity contribution >= 4 is 5.97 Å². The van der Waals surface area contributed by atoms with Gasteiger partial charge in [-0.25, -0.2) is 0 Å². The van der Waals surface area contributed by atoms with Crippen molar-refractivity contribution in [2.24, 2.45) is 11.7 Å². The van der Waals surface area contributed by atoms with E-state index in [1.54, 1.807) is 0 Å². The maximum Gasteiger partial charge on any atom is 0.326 e. The third kappa shape index (κ3) is 3.97. The second-order valence-corrected chi connectivity index (χ2v) is 5.66. The van der Waals surface area contributed by atoms with E-state index in [1.807, 2.05) is 30.3 Å². The van der Waals surface area contributed by atoms with Crippen molar-refractivity contribution in [1.82, 2.24) is 0 Å². The normalized spacial score (nSPS) is 26.0. The van der Waals surface area contributed by atoms with Crippen LogP contribution in [0.25, 0.3) is 0 Å². The van der Waals surface area contributed by atoms with Gasteiger partial charge in [0.25, 0.3) is 0 Å². The molecule has 0 aromatic heterocycles. The zero-order valence-electron chi connectivity index (χ0n) is 12.0. The van der Waals surface area contributed by atoms with Crippen LogP contribution in [0.15, 0.2) is 30.3 Å². The summed E-state index contributed by atoms with van der Waals surface area (Å²) in [5.41, 5.74) is 5.37. The highest BCUT2D eigenvalue weighted by Crippen LogP contribution is 2.31. The van der Waals surface area contributed by atoms with E-state index in [0.717, 1.165) is 25.0 Å². The van der Waals surface area contributed by atoms with Gasteiger partial charge < -0.3 is 15.2 Å². The molecule has 0 amide bonds. The van der Waals surface area contributed by atoms with E-state index in [4.69, 9.17) is 15.2 Å². The van der Waals surface area contributed by atoms with Gasteiger partial charge in [-0.3, -0.25) is 4.79 Å². The quantitative estimate of drug-likeness (QED) is 0.663. The molecule has 4 nitrogen and oxygen atoms in total. The van der Waals surface area contributed by atoms with Gasteiger partial charge in [-0.2, -0.15) is 0 Å². The summed E-state index contributed by atoms with van der Waals surface area (Å²) in [6, 6.07) is 9.47. The first-order valence-corrected chi connectivity index (χ1v) is 7.24. The summed E-state index contributed by atoms with van der Waals surface area (Å²) >= 11 is 0. The Labute approximate surface area is 120 Å². The van der Waals surface area contributed by atoms with Gasteiger partial charge in [0.1, 0.15) is 24.5 Å². The molecular weight excluding hydrogens is 254 g/mol. The lowest BCUT2D eigenvalue weighted by atomic mass is 9.77. The Kier molecular flexibility index (Phi) is 5.01. The van der Waals surface area contributed by atoms with E-state index in [0.29, 0.717) is 18.9 Å². The summed E-state index contributed by atoms with van der Waals surface area (Å²) < 4.78 is 10.7. The number of esters is 1. The predicted molar refractivity (Wildman–Crippen MR) is 77.4 cm³/mol. The lowest BCUT2D eigenvalue weighted by Gasteiger charge is -2.34. The fraction of sp³-hybridized carbons (Fsp3) is 0.562. The molecule has 0 bridgehead atoms. The van der Waals surface area contributed by atoms with Crippen molar-refractivity contribution in [2.75, 3.05) is 13.2 Å². The predicted octanol–water partition coefficient (Wildman–Crippen LogP) is 2.52. The molecule has 110 valence electrons. The third-order valence-electron chi connectivity index (χ3n) is 3.77. The van der Waals surface area contributed by atoms with Crippen molar-refractivity contribution in [3.05, 3.63) is 30.3 Å². The van der Waals surface area contributed by atoms with Crippen LogP contribution in [-0.2, 0) is 9.53 Å². The highest BCUT2D eigenvalue weighted by Gasteiger charge is 2.39. The van der Waals surface area contributed by atoms with Gasteiger partial charge in [0.05, 0.1) is 0 Å². The molecule has 20 heavy (non-hydrogen) atoms. The minimum Gasteiger partial charge on any atom is -0.490 e. The molecule has 0 aliphatic heterocycles. The molecule has 2 atom stereocenters.